The monoisotopic (exact) mass is 303 g/mol. The predicted molar refractivity (Wildman–Crippen MR) is 79.6 cm³/mol. The van der Waals surface area contributed by atoms with Crippen molar-refractivity contribution in [3.8, 4) is 0 Å². The number of rotatable bonds is 5. The second kappa shape index (κ2) is 6.19. The first-order valence-corrected chi connectivity index (χ1v) is 7.40. The summed E-state index contributed by atoms with van der Waals surface area (Å²) in [5, 5.41) is 3.92. The highest BCUT2D eigenvalue weighted by atomic mass is 32.2. The molecule has 0 atom stereocenters. The van der Waals surface area contributed by atoms with Crippen LogP contribution >= 0.6 is 11.8 Å². The molecule has 21 heavy (non-hydrogen) atoms. The number of H-pyrrole nitrogens is 1. The first kappa shape index (κ1) is 14.0. The predicted octanol–water partition coefficient (Wildman–Crippen LogP) is 2.75. The van der Waals surface area contributed by atoms with Crippen LogP contribution in [0.1, 0.15) is 12.5 Å². The summed E-state index contributed by atoms with van der Waals surface area (Å²) >= 11 is 1.39. The number of aromatic nitrogens is 4. The molecule has 0 aliphatic heterocycles. The number of hydrogen-bond acceptors (Lipinski definition) is 5. The molecule has 0 radical (unpaired) electrons. The molecule has 7 heteroatoms. The molecule has 0 saturated heterocycles. The van der Waals surface area contributed by atoms with Gasteiger partial charge in [-0.05, 0) is 30.3 Å². The third kappa shape index (κ3) is 3.20. The zero-order valence-electron chi connectivity index (χ0n) is 11.4. The molecule has 0 fully saturated rings. The van der Waals surface area contributed by atoms with Gasteiger partial charge in [0.25, 0.3) is 0 Å². The Bertz CT molecular complexity index is 758. The quantitative estimate of drug-likeness (QED) is 0.709. The van der Waals surface area contributed by atoms with E-state index in [0.29, 0.717) is 12.2 Å². The van der Waals surface area contributed by atoms with E-state index in [4.69, 9.17) is 0 Å². The lowest BCUT2D eigenvalue weighted by Crippen LogP contribution is -2.11. The molecule has 0 unspecified atom stereocenters. The lowest BCUT2D eigenvalue weighted by Gasteiger charge is -2.06. The highest BCUT2D eigenvalue weighted by molar-refractivity contribution is 7.99. The van der Waals surface area contributed by atoms with Gasteiger partial charge in [-0.1, -0.05) is 18.7 Å². The van der Waals surface area contributed by atoms with Crippen molar-refractivity contribution in [3.63, 3.8) is 0 Å². The van der Waals surface area contributed by atoms with E-state index in [2.05, 4.69) is 25.3 Å². The third-order valence-electron chi connectivity index (χ3n) is 2.91. The zero-order chi connectivity index (χ0) is 14.7. The van der Waals surface area contributed by atoms with E-state index >= 15 is 0 Å². The van der Waals surface area contributed by atoms with E-state index in [9.17, 15) is 4.39 Å². The highest BCUT2D eigenvalue weighted by Gasteiger charge is 2.09. The highest BCUT2D eigenvalue weighted by Crippen LogP contribution is 2.30. The summed E-state index contributed by atoms with van der Waals surface area (Å²) in [7, 11) is 0. The van der Waals surface area contributed by atoms with Gasteiger partial charge in [0.1, 0.15) is 22.7 Å². The Morgan fingerprint density at radius 1 is 1.24 bits per heavy atom. The van der Waals surface area contributed by atoms with Gasteiger partial charge >= 0.3 is 0 Å². The summed E-state index contributed by atoms with van der Waals surface area (Å²) in [4.78, 5) is 16.2. The Morgan fingerprint density at radius 3 is 3.00 bits per heavy atom. The summed E-state index contributed by atoms with van der Waals surface area (Å²) in [6.45, 7) is 3.51. The maximum atomic E-state index is 13.7. The van der Waals surface area contributed by atoms with Crippen LogP contribution in [0.25, 0.3) is 11.2 Å². The first-order valence-electron chi connectivity index (χ1n) is 6.58. The number of imidazole rings is 1. The average molecular weight is 303 g/mol. The smallest absolute Gasteiger partial charge is 0.181 e. The van der Waals surface area contributed by atoms with Gasteiger partial charge in [0, 0.05) is 11.4 Å². The molecule has 3 rings (SSSR count). The Morgan fingerprint density at radius 2 is 2.14 bits per heavy atom. The van der Waals surface area contributed by atoms with E-state index < -0.39 is 0 Å². The van der Waals surface area contributed by atoms with Crippen LogP contribution in [0.2, 0.25) is 0 Å². The Kier molecular flexibility index (Phi) is 4.12. The van der Waals surface area contributed by atoms with Crippen LogP contribution in [0.5, 0.6) is 0 Å². The maximum Gasteiger partial charge on any atom is 0.181 e. The van der Waals surface area contributed by atoms with Gasteiger partial charge in [0.2, 0.25) is 0 Å². The van der Waals surface area contributed by atoms with Crippen LogP contribution in [-0.4, -0.2) is 26.5 Å². The average Bonchev–Trinajstić information content (AvgIpc) is 2.94. The first-order chi connectivity index (χ1) is 10.3. The molecular formula is C14H14FN5S. The molecule has 5 nitrogen and oxygen atoms in total. The van der Waals surface area contributed by atoms with Gasteiger partial charge in [-0.25, -0.2) is 19.3 Å². The van der Waals surface area contributed by atoms with Gasteiger partial charge < -0.3 is 10.3 Å². The van der Waals surface area contributed by atoms with Gasteiger partial charge in [-0.2, -0.15) is 0 Å². The van der Waals surface area contributed by atoms with Crippen molar-refractivity contribution in [1.29, 1.82) is 0 Å². The van der Waals surface area contributed by atoms with Crippen molar-refractivity contribution in [2.24, 2.45) is 0 Å². The van der Waals surface area contributed by atoms with Gasteiger partial charge in [-0.3, -0.25) is 0 Å². The van der Waals surface area contributed by atoms with Crippen molar-refractivity contribution < 1.29 is 4.39 Å². The summed E-state index contributed by atoms with van der Waals surface area (Å²) in [5.74, 6) is -0.247. The second-order valence-electron chi connectivity index (χ2n) is 4.46. The zero-order valence-corrected chi connectivity index (χ0v) is 12.2. The molecular weight excluding hydrogens is 289 g/mol. The number of benzene rings is 1. The Labute approximate surface area is 125 Å². The molecule has 0 aliphatic rings. The largest absolute Gasteiger partial charge is 0.341 e. The van der Waals surface area contributed by atoms with Crippen molar-refractivity contribution in [1.82, 2.24) is 25.3 Å². The molecule has 0 saturated carbocycles. The molecule has 0 spiro atoms. The Hall–Kier alpha value is -1.99. The minimum absolute atomic E-state index is 0.247. The van der Waals surface area contributed by atoms with E-state index in [0.717, 1.165) is 27.5 Å². The minimum Gasteiger partial charge on any atom is -0.341 e. The number of halogens is 1. The van der Waals surface area contributed by atoms with Crippen LogP contribution in [0.4, 0.5) is 4.39 Å². The van der Waals surface area contributed by atoms with E-state index in [-0.39, 0.29) is 5.82 Å². The van der Waals surface area contributed by atoms with Crippen molar-refractivity contribution in [2.45, 2.75) is 23.4 Å². The molecule has 2 heterocycles. The fourth-order valence-corrected chi connectivity index (χ4v) is 2.94. The molecule has 0 amide bonds. The number of nitrogens with one attached hydrogen (secondary N) is 2. The normalized spacial score (nSPS) is 11.1. The van der Waals surface area contributed by atoms with Crippen molar-refractivity contribution >= 4 is 22.9 Å². The SMILES string of the molecule is CCNCc1cc(F)cc(Sc2ncnc3nc[nH]c23)c1. The van der Waals surface area contributed by atoms with Crippen LogP contribution in [-0.2, 0) is 6.54 Å². The summed E-state index contributed by atoms with van der Waals surface area (Å²) in [6, 6.07) is 5.00. The molecule has 3 aromatic rings. The van der Waals surface area contributed by atoms with Gasteiger partial charge in [0.05, 0.1) is 6.33 Å². The maximum absolute atomic E-state index is 13.7. The lowest BCUT2D eigenvalue weighted by molar-refractivity contribution is 0.617. The second-order valence-corrected chi connectivity index (χ2v) is 5.52. The van der Waals surface area contributed by atoms with E-state index in [1.807, 2.05) is 13.0 Å². The summed E-state index contributed by atoms with van der Waals surface area (Å²) in [6.07, 6.45) is 3.04. The van der Waals surface area contributed by atoms with Gasteiger partial charge in [-0.15, -0.1) is 0 Å². The number of nitrogens with zero attached hydrogens (tertiary/aromatic N) is 3. The number of aromatic amines is 1. The fourth-order valence-electron chi connectivity index (χ4n) is 1.98. The number of hydrogen-bond donors (Lipinski definition) is 2. The summed E-state index contributed by atoms with van der Waals surface area (Å²) in [5.41, 5.74) is 2.28. The molecule has 2 N–H and O–H groups in total. The van der Waals surface area contributed by atoms with Crippen LogP contribution in [0, 0.1) is 5.82 Å². The van der Waals surface area contributed by atoms with Crippen LogP contribution in [0.15, 0.2) is 40.8 Å². The van der Waals surface area contributed by atoms with Crippen molar-refractivity contribution in [2.75, 3.05) is 6.54 Å². The Balaban J connectivity index is 1.90. The third-order valence-corrected chi connectivity index (χ3v) is 3.89. The number of fused-ring (bicyclic) bond motifs is 1. The van der Waals surface area contributed by atoms with Crippen LogP contribution < -0.4 is 5.32 Å². The molecule has 108 valence electrons. The fraction of sp³-hybridized carbons (Fsp3) is 0.214. The van der Waals surface area contributed by atoms with Crippen LogP contribution in [0.3, 0.4) is 0 Å². The molecule has 1 aromatic carbocycles. The van der Waals surface area contributed by atoms with Gasteiger partial charge in [0.15, 0.2) is 5.65 Å². The van der Waals surface area contributed by atoms with E-state index in [1.165, 1.54) is 24.2 Å². The molecule has 2 aromatic heterocycles. The standard InChI is InChI=1S/C14H14FN5S/c1-2-16-6-9-3-10(15)5-11(4-9)21-14-12-13(18-7-17-12)19-8-20-14/h3-5,7-8,16H,2,6H2,1H3,(H,17,18,19,20). The topological polar surface area (TPSA) is 66.5 Å². The lowest BCUT2D eigenvalue weighted by atomic mass is 10.2. The minimum atomic E-state index is -0.247. The van der Waals surface area contributed by atoms with Crippen molar-refractivity contribution in [3.05, 3.63) is 42.2 Å². The summed E-state index contributed by atoms with van der Waals surface area (Å²) < 4.78 is 13.7. The molecule has 0 aliphatic carbocycles. The molecule has 0 bridgehead atoms. The van der Waals surface area contributed by atoms with E-state index in [1.54, 1.807) is 12.4 Å².